The molecule has 0 aliphatic carbocycles. The van der Waals surface area contributed by atoms with Gasteiger partial charge in [-0.25, -0.2) is 0 Å². The number of piperidine rings is 1. The first-order valence-electron chi connectivity index (χ1n) is 10.6. The first-order chi connectivity index (χ1) is 14.9. The molecule has 2 aromatic carbocycles. The van der Waals surface area contributed by atoms with E-state index in [-0.39, 0.29) is 17.7 Å². The largest absolute Gasteiger partial charge is 0.351 e. The molecule has 2 heterocycles. The molecule has 2 aliphatic heterocycles. The quantitative estimate of drug-likeness (QED) is 0.761. The maximum atomic E-state index is 13.5. The third-order valence-electron chi connectivity index (χ3n) is 6.54. The number of amides is 3. The van der Waals surface area contributed by atoms with Crippen LogP contribution in [0.15, 0.2) is 61.2 Å². The standard InChI is InChI=1S/C25H27N3O3/c1-3-22(29)28-13-11-25(12-14-28,20-7-5-4-6-8-20)24(31)26-17-18-9-10-21-19(15-18)16-23(30)27(21)2/h3-10,15H,1,11-14,16-17H2,2H3,(H,26,31). The van der Waals surface area contributed by atoms with E-state index in [1.165, 1.54) is 6.08 Å². The summed E-state index contributed by atoms with van der Waals surface area (Å²) in [6.45, 7) is 4.99. The summed E-state index contributed by atoms with van der Waals surface area (Å²) in [6, 6.07) is 15.7. The molecule has 0 radical (unpaired) electrons. The summed E-state index contributed by atoms with van der Waals surface area (Å²) in [5.74, 6) is -0.0436. The summed E-state index contributed by atoms with van der Waals surface area (Å²) in [7, 11) is 1.78. The lowest BCUT2D eigenvalue weighted by atomic mass is 9.72. The average molecular weight is 418 g/mol. The van der Waals surface area contributed by atoms with Crippen LogP contribution < -0.4 is 10.2 Å². The Kier molecular flexibility index (Phi) is 5.63. The molecule has 2 aliphatic rings. The molecule has 31 heavy (non-hydrogen) atoms. The van der Waals surface area contributed by atoms with Crippen molar-refractivity contribution in [2.75, 3.05) is 25.0 Å². The number of carbonyl (C=O) groups excluding carboxylic acids is 3. The molecule has 160 valence electrons. The predicted octanol–water partition coefficient (Wildman–Crippen LogP) is 2.57. The van der Waals surface area contributed by atoms with E-state index in [1.54, 1.807) is 16.8 Å². The van der Waals surface area contributed by atoms with Crippen molar-refractivity contribution in [1.29, 1.82) is 0 Å². The normalized spacial score (nSPS) is 17.3. The van der Waals surface area contributed by atoms with E-state index in [9.17, 15) is 14.4 Å². The molecule has 0 spiro atoms. The number of hydrogen-bond donors (Lipinski definition) is 1. The van der Waals surface area contributed by atoms with E-state index in [0.717, 1.165) is 22.4 Å². The topological polar surface area (TPSA) is 69.7 Å². The minimum Gasteiger partial charge on any atom is -0.351 e. The molecule has 0 aromatic heterocycles. The van der Waals surface area contributed by atoms with Crippen molar-refractivity contribution >= 4 is 23.4 Å². The molecule has 0 bridgehead atoms. The highest BCUT2D eigenvalue weighted by Gasteiger charge is 2.43. The number of carbonyl (C=O) groups is 3. The minimum absolute atomic E-state index is 0.0295. The van der Waals surface area contributed by atoms with Crippen LogP contribution in [-0.2, 0) is 32.8 Å². The third kappa shape index (κ3) is 3.85. The highest BCUT2D eigenvalue weighted by Crippen LogP contribution is 2.36. The number of nitrogens with one attached hydrogen (secondary N) is 1. The van der Waals surface area contributed by atoms with Crippen LogP contribution in [0.1, 0.15) is 29.5 Å². The van der Waals surface area contributed by atoms with Crippen LogP contribution in [0.5, 0.6) is 0 Å². The van der Waals surface area contributed by atoms with Crippen molar-refractivity contribution in [1.82, 2.24) is 10.2 Å². The molecule has 6 heteroatoms. The Morgan fingerprint density at radius 1 is 1.13 bits per heavy atom. The van der Waals surface area contributed by atoms with Gasteiger partial charge in [-0.2, -0.15) is 0 Å². The van der Waals surface area contributed by atoms with E-state index in [0.29, 0.717) is 38.9 Å². The first kappa shape index (κ1) is 20.8. The Morgan fingerprint density at radius 2 is 1.84 bits per heavy atom. The van der Waals surface area contributed by atoms with Crippen molar-refractivity contribution in [3.8, 4) is 0 Å². The Hall–Kier alpha value is -3.41. The van der Waals surface area contributed by atoms with Gasteiger partial charge in [0, 0.05) is 32.4 Å². The molecule has 4 rings (SSSR count). The monoisotopic (exact) mass is 417 g/mol. The highest BCUT2D eigenvalue weighted by atomic mass is 16.2. The van der Waals surface area contributed by atoms with Gasteiger partial charge in [-0.15, -0.1) is 0 Å². The van der Waals surface area contributed by atoms with Gasteiger partial charge in [0.1, 0.15) is 0 Å². The molecule has 1 fully saturated rings. The minimum atomic E-state index is -0.674. The molecular formula is C25H27N3O3. The predicted molar refractivity (Wildman–Crippen MR) is 120 cm³/mol. The number of rotatable bonds is 5. The van der Waals surface area contributed by atoms with E-state index < -0.39 is 5.41 Å². The van der Waals surface area contributed by atoms with Gasteiger partial charge < -0.3 is 15.1 Å². The van der Waals surface area contributed by atoms with Crippen LogP contribution in [0.25, 0.3) is 0 Å². The molecule has 0 saturated carbocycles. The van der Waals surface area contributed by atoms with Crippen molar-refractivity contribution < 1.29 is 14.4 Å². The van der Waals surface area contributed by atoms with Gasteiger partial charge in [-0.05, 0) is 41.7 Å². The Morgan fingerprint density at radius 3 is 2.52 bits per heavy atom. The maximum absolute atomic E-state index is 13.5. The van der Waals surface area contributed by atoms with Crippen LogP contribution in [0.2, 0.25) is 0 Å². The zero-order chi connectivity index (χ0) is 22.0. The van der Waals surface area contributed by atoms with Crippen LogP contribution in [0.4, 0.5) is 5.69 Å². The van der Waals surface area contributed by atoms with Gasteiger partial charge in [0.2, 0.25) is 17.7 Å². The van der Waals surface area contributed by atoms with Crippen LogP contribution >= 0.6 is 0 Å². The second kappa shape index (κ2) is 8.38. The number of likely N-dealkylation sites (N-methyl/N-ethyl adjacent to an activating group) is 1. The van der Waals surface area contributed by atoms with E-state index in [4.69, 9.17) is 0 Å². The zero-order valence-electron chi connectivity index (χ0n) is 17.8. The van der Waals surface area contributed by atoms with Gasteiger partial charge >= 0.3 is 0 Å². The van der Waals surface area contributed by atoms with Crippen LogP contribution in [-0.4, -0.2) is 42.8 Å². The Labute approximate surface area is 182 Å². The van der Waals surface area contributed by atoms with Gasteiger partial charge in [-0.3, -0.25) is 14.4 Å². The smallest absolute Gasteiger partial charge is 0.245 e. The summed E-state index contributed by atoms with van der Waals surface area (Å²) in [6.07, 6.45) is 2.85. The second-order valence-electron chi connectivity index (χ2n) is 8.25. The van der Waals surface area contributed by atoms with Gasteiger partial charge in [0.25, 0.3) is 0 Å². The van der Waals surface area contributed by atoms with Crippen molar-refractivity contribution in [3.05, 3.63) is 77.9 Å². The van der Waals surface area contributed by atoms with Crippen LogP contribution in [0.3, 0.4) is 0 Å². The molecular weight excluding hydrogens is 390 g/mol. The Bertz CT molecular complexity index is 1020. The second-order valence-corrected chi connectivity index (χ2v) is 8.25. The van der Waals surface area contributed by atoms with E-state index >= 15 is 0 Å². The summed E-state index contributed by atoms with van der Waals surface area (Å²) in [4.78, 5) is 40.8. The summed E-state index contributed by atoms with van der Waals surface area (Å²) < 4.78 is 0. The molecule has 2 aromatic rings. The maximum Gasteiger partial charge on any atom is 0.245 e. The fraction of sp³-hybridized carbons (Fsp3) is 0.320. The molecule has 6 nitrogen and oxygen atoms in total. The van der Waals surface area contributed by atoms with Crippen LogP contribution in [0, 0.1) is 0 Å². The third-order valence-corrected chi connectivity index (χ3v) is 6.54. The molecule has 0 unspecified atom stereocenters. The van der Waals surface area contributed by atoms with Crippen molar-refractivity contribution in [2.45, 2.75) is 31.2 Å². The lowest BCUT2D eigenvalue weighted by Gasteiger charge is -2.40. The number of nitrogens with zero attached hydrogens (tertiary/aromatic N) is 2. The number of anilines is 1. The Balaban J connectivity index is 1.51. The summed E-state index contributed by atoms with van der Waals surface area (Å²) in [5, 5.41) is 3.12. The zero-order valence-corrected chi connectivity index (χ0v) is 17.8. The number of likely N-dealkylation sites (tertiary alicyclic amines) is 1. The highest BCUT2D eigenvalue weighted by molar-refractivity contribution is 6.01. The lowest BCUT2D eigenvalue weighted by molar-refractivity contribution is -0.134. The van der Waals surface area contributed by atoms with Crippen molar-refractivity contribution in [3.63, 3.8) is 0 Å². The fourth-order valence-electron chi connectivity index (χ4n) is 4.63. The van der Waals surface area contributed by atoms with Crippen molar-refractivity contribution in [2.24, 2.45) is 0 Å². The molecule has 0 atom stereocenters. The number of benzene rings is 2. The SMILES string of the molecule is C=CC(=O)N1CCC(C(=O)NCc2ccc3c(c2)CC(=O)N3C)(c2ccccc2)CC1. The lowest BCUT2D eigenvalue weighted by Crippen LogP contribution is -2.52. The summed E-state index contributed by atoms with van der Waals surface area (Å²) >= 11 is 0. The number of hydrogen-bond acceptors (Lipinski definition) is 3. The van der Waals surface area contributed by atoms with E-state index in [1.807, 2.05) is 48.5 Å². The average Bonchev–Trinajstić information content (AvgIpc) is 3.10. The van der Waals surface area contributed by atoms with E-state index in [2.05, 4.69) is 11.9 Å². The summed E-state index contributed by atoms with van der Waals surface area (Å²) in [5.41, 5.74) is 3.19. The first-order valence-corrected chi connectivity index (χ1v) is 10.6. The van der Waals surface area contributed by atoms with Gasteiger partial charge in [-0.1, -0.05) is 49.0 Å². The van der Waals surface area contributed by atoms with Gasteiger partial charge in [0.05, 0.1) is 11.8 Å². The number of fused-ring (bicyclic) bond motifs is 1. The fourth-order valence-corrected chi connectivity index (χ4v) is 4.63. The molecule has 1 saturated heterocycles. The molecule has 1 N–H and O–H groups in total. The molecule has 3 amide bonds. The van der Waals surface area contributed by atoms with Gasteiger partial charge in [0.15, 0.2) is 0 Å².